The Labute approximate surface area is 79.4 Å². The quantitative estimate of drug-likeness (QED) is 0.356. The lowest BCUT2D eigenvalue weighted by atomic mass is 10.0. The second-order valence-corrected chi connectivity index (χ2v) is 2.67. The molecule has 2 amide bonds. The minimum absolute atomic E-state index is 0.226. The monoisotopic (exact) mass is 196 g/mol. The molecular formula is C8H8N2O4. The van der Waals surface area contributed by atoms with E-state index in [-0.39, 0.29) is 5.76 Å². The molecule has 14 heavy (non-hydrogen) atoms. The first kappa shape index (κ1) is 10.1. The zero-order chi connectivity index (χ0) is 10.7. The molecule has 0 saturated heterocycles. The minimum atomic E-state index is -1.16. The van der Waals surface area contributed by atoms with E-state index in [9.17, 15) is 14.4 Å². The topological polar surface area (TPSA) is 98.8 Å². The van der Waals surface area contributed by atoms with Crippen molar-refractivity contribution in [2.24, 2.45) is 16.6 Å². The summed E-state index contributed by atoms with van der Waals surface area (Å²) in [4.78, 5) is 35.7. The van der Waals surface area contributed by atoms with Crippen LogP contribution in [0.25, 0.3) is 0 Å². The summed E-state index contributed by atoms with van der Waals surface area (Å²) in [6, 6.07) is -0.961. The Kier molecular flexibility index (Phi) is 2.76. The van der Waals surface area contributed by atoms with Gasteiger partial charge in [0.15, 0.2) is 11.7 Å². The molecule has 1 unspecified atom stereocenters. The lowest BCUT2D eigenvalue weighted by Crippen LogP contribution is -2.30. The van der Waals surface area contributed by atoms with E-state index in [4.69, 9.17) is 5.73 Å². The summed E-state index contributed by atoms with van der Waals surface area (Å²) in [7, 11) is 0. The van der Waals surface area contributed by atoms with Crippen molar-refractivity contribution in [1.82, 2.24) is 0 Å². The average molecular weight is 196 g/mol. The molecule has 0 aromatic heterocycles. The molecule has 6 nitrogen and oxygen atoms in total. The van der Waals surface area contributed by atoms with Crippen molar-refractivity contribution in [3.63, 3.8) is 0 Å². The Morgan fingerprint density at radius 2 is 2.29 bits per heavy atom. The molecule has 1 heterocycles. The number of amides is 2. The number of aliphatic imine (C=N–C) groups is 1. The maximum Gasteiger partial charge on any atom is 0.337 e. The fraction of sp³-hybridized carbons (Fsp3) is 0.250. The summed E-state index contributed by atoms with van der Waals surface area (Å²) in [5.41, 5.74) is 4.71. The van der Waals surface area contributed by atoms with E-state index in [2.05, 4.69) is 9.73 Å². The highest BCUT2D eigenvalue weighted by molar-refractivity contribution is 6.18. The minimum Gasteiger partial charge on any atom is -0.430 e. The number of carbonyl (C=O) groups is 3. The van der Waals surface area contributed by atoms with Crippen LogP contribution in [0.4, 0.5) is 4.79 Å². The Hall–Kier alpha value is -1.98. The van der Waals surface area contributed by atoms with Crippen LogP contribution in [-0.2, 0) is 14.3 Å². The van der Waals surface area contributed by atoms with Crippen molar-refractivity contribution in [2.45, 2.75) is 6.92 Å². The van der Waals surface area contributed by atoms with E-state index in [1.807, 2.05) is 0 Å². The van der Waals surface area contributed by atoms with Crippen LogP contribution < -0.4 is 5.73 Å². The number of urea groups is 1. The molecule has 1 atom stereocenters. The molecule has 0 fully saturated rings. The standard InChI is InChI=1S/C8H8N2O4/c1-4-2-6(11)5(7(12)14-4)3-10-8(9)13/h2-3,5H,1H3,(H2,9,13)/b10-3+. The van der Waals surface area contributed by atoms with Gasteiger partial charge in [0.25, 0.3) is 0 Å². The zero-order valence-corrected chi connectivity index (χ0v) is 7.39. The Bertz CT molecular complexity index is 356. The first-order valence-corrected chi connectivity index (χ1v) is 3.78. The normalized spacial score (nSPS) is 22.1. The Morgan fingerprint density at radius 3 is 2.79 bits per heavy atom. The second kappa shape index (κ2) is 3.82. The third-order valence-electron chi connectivity index (χ3n) is 1.52. The molecular weight excluding hydrogens is 188 g/mol. The SMILES string of the molecule is CC1=CC(=O)C(/C=N/C(N)=O)C(=O)O1. The third-order valence-corrected chi connectivity index (χ3v) is 1.52. The van der Waals surface area contributed by atoms with Gasteiger partial charge in [-0.05, 0) is 6.92 Å². The molecule has 6 heteroatoms. The summed E-state index contributed by atoms with van der Waals surface area (Å²) in [5, 5.41) is 0. The zero-order valence-electron chi connectivity index (χ0n) is 7.39. The van der Waals surface area contributed by atoms with Crippen molar-refractivity contribution in [3.8, 4) is 0 Å². The first-order valence-electron chi connectivity index (χ1n) is 3.78. The number of primary amides is 1. The highest BCUT2D eigenvalue weighted by Crippen LogP contribution is 2.12. The highest BCUT2D eigenvalue weighted by atomic mass is 16.5. The lowest BCUT2D eigenvalue weighted by molar-refractivity contribution is -0.145. The molecule has 1 aliphatic rings. The predicted octanol–water partition coefficient (Wildman–Crippen LogP) is -0.218. The fourth-order valence-corrected chi connectivity index (χ4v) is 0.940. The molecule has 74 valence electrons. The van der Waals surface area contributed by atoms with E-state index in [0.717, 1.165) is 6.21 Å². The van der Waals surface area contributed by atoms with Gasteiger partial charge >= 0.3 is 12.0 Å². The number of hydrogen-bond acceptors (Lipinski definition) is 4. The van der Waals surface area contributed by atoms with Crippen molar-refractivity contribution in [2.75, 3.05) is 0 Å². The summed E-state index contributed by atoms with van der Waals surface area (Å²) in [5.74, 6) is -2.15. The van der Waals surface area contributed by atoms with E-state index in [0.29, 0.717) is 0 Å². The molecule has 0 radical (unpaired) electrons. The van der Waals surface area contributed by atoms with Crippen molar-refractivity contribution < 1.29 is 19.1 Å². The average Bonchev–Trinajstić information content (AvgIpc) is 2.01. The number of cyclic esters (lactones) is 1. The third kappa shape index (κ3) is 2.25. The number of allylic oxidation sites excluding steroid dienone is 2. The molecule has 1 aliphatic heterocycles. The number of esters is 1. The Balaban J connectivity index is 2.85. The maximum absolute atomic E-state index is 11.2. The molecule has 0 bridgehead atoms. The number of nitrogens with zero attached hydrogens (tertiary/aromatic N) is 1. The number of rotatable bonds is 1. The number of nitrogens with two attached hydrogens (primary N) is 1. The van der Waals surface area contributed by atoms with Crippen LogP contribution in [0.1, 0.15) is 6.92 Å². The van der Waals surface area contributed by atoms with Crippen LogP contribution >= 0.6 is 0 Å². The fourth-order valence-electron chi connectivity index (χ4n) is 0.940. The predicted molar refractivity (Wildman–Crippen MR) is 46.4 cm³/mol. The summed E-state index contributed by atoms with van der Waals surface area (Å²) >= 11 is 0. The van der Waals surface area contributed by atoms with Crippen LogP contribution in [0.15, 0.2) is 16.8 Å². The summed E-state index contributed by atoms with van der Waals surface area (Å²) in [6.45, 7) is 1.48. The van der Waals surface area contributed by atoms with E-state index in [1.54, 1.807) is 0 Å². The molecule has 0 aromatic rings. The van der Waals surface area contributed by atoms with Gasteiger partial charge in [-0.1, -0.05) is 0 Å². The Morgan fingerprint density at radius 1 is 1.64 bits per heavy atom. The van der Waals surface area contributed by atoms with Gasteiger partial charge < -0.3 is 10.5 Å². The highest BCUT2D eigenvalue weighted by Gasteiger charge is 2.29. The molecule has 0 aliphatic carbocycles. The smallest absolute Gasteiger partial charge is 0.337 e. The van der Waals surface area contributed by atoms with Crippen LogP contribution in [0.2, 0.25) is 0 Å². The van der Waals surface area contributed by atoms with Crippen LogP contribution in [0.5, 0.6) is 0 Å². The molecule has 0 aromatic carbocycles. The number of carbonyl (C=O) groups excluding carboxylic acids is 3. The lowest BCUT2D eigenvalue weighted by Gasteiger charge is -2.14. The maximum atomic E-state index is 11.2. The van der Waals surface area contributed by atoms with Gasteiger partial charge in [-0.2, -0.15) is 0 Å². The van der Waals surface area contributed by atoms with Gasteiger partial charge in [-0.25, -0.2) is 9.79 Å². The molecule has 0 saturated carbocycles. The van der Waals surface area contributed by atoms with Gasteiger partial charge in [-0.3, -0.25) is 9.59 Å². The molecule has 0 spiro atoms. The number of hydrogen-bond donors (Lipinski definition) is 1. The molecule has 2 N–H and O–H groups in total. The van der Waals surface area contributed by atoms with Gasteiger partial charge in [0.05, 0.1) is 0 Å². The number of ketones is 1. The van der Waals surface area contributed by atoms with Crippen LogP contribution in [-0.4, -0.2) is 24.0 Å². The van der Waals surface area contributed by atoms with Crippen molar-refractivity contribution in [3.05, 3.63) is 11.8 Å². The van der Waals surface area contributed by atoms with Gasteiger partial charge in [0.1, 0.15) is 5.76 Å². The van der Waals surface area contributed by atoms with Gasteiger partial charge in [0.2, 0.25) is 0 Å². The van der Waals surface area contributed by atoms with E-state index in [1.165, 1.54) is 13.0 Å². The number of ether oxygens (including phenoxy) is 1. The van der Waals surface area contributed by atoms with Crippen LogP contribution in [0, 0.1) is 5.92 Å². The molecule has 1 rings (SSSR count). The largest absolute Gasteiger partial charge is 0.430 e. The van der Waals surface area contributed by atoms with Crippen molar-refractivity contribution in [1.29, 1.82) is 0 Å². The van der Waals surface area contributed by atoms with E-state index >= 15 is 0 Å². The summed E-state index contributed by atoms with van der Waals surface area (Å²) < 4.78 is 4.66. The summed E-state index contributed by atoms with van der Waals surface area (Å²) in [6.07, 6.45) is 2.05. The first-order chi connectivity index (χ1) is 6.50. The van der Waals surface area contributed by atoms with E-state index < -0.39 is 23.7 Å². The van der Waals surface area contributed by atoms with Gasteiger partial charge in [-0.15, -0.1) is 0 Å². The second-order valence-electron chi connectivity index (χ2n) is 2.67. The van der Waals surface area contributed by atoms with Gasteiger partial charge in [0, 0.05) is 12.3 Å². The van der Waals surface area contributed by atoms with Crippen LogP contribution in [0.3, 0.4) is 0 Å². The van der Waals surface area contributed by atoms with Crippen molar-refractivity contribution >= 4 is 24.0 Å².